The summed E-state index contributed by atoms with van der Waals surface area (Å²) in [6.45, 7) is 4.11. The molecule has 0 aliphatic carbocycles. The third-order valence-corrected chi connectivity index (χ3v) is 5.85. The molecule has 0 radical (unpaired) electrons. The molecule has 0 bridgehead atoms. The standard InChI is InChI=1S/C23H19N3O5S.C2H4O2/c1-13-19(22(29)30-3)20(16-6-8-17(9-7-16)31-14(2)27)26-21(28)18(32-23(26)25-13)11-15-5-4-10-24-12-15;1-2(3)4/h4-12,20H,1-3H3;1H3,(H,3,4)/b18-11+;. The topological polar surface area (TPSA) is 137 Å². The highest BCUT2D eigenvalue weighted by atomic mass is 32.1. The molecule has 1 unspecified atom stereocenters. The summed E-state index contributed by atoms with van der Waals surface area (Å²) in [6, 6.07) is 9.56. The number of pyridine rings is 1. The third-order valence-electron chi connectivity index (χ3n) is 4.87. The number of hydrogen-bond acceptors (Lipinski definition) is 9. The van der Waals surface area contributed by atoms with Crippen LogP contribution in [-0.2, 0) is 19.1 Å². The average molecular weight is 510 g/mol. The molecule has 1 aliphatic heterocycles. The summed E-state index contributed by atoms with van der Waals surface area (Å²) in [7, 11) is 1.29. The first kappa shape index (κ1) is 26.2. The maximum absolute atomic E-state index is 13.4. The molecule has 1 N–H and O–H groups in total. The number of ether oxygens (including phenoxy) is 2. The molecule has 36 heavy (non-hydrogen) atoms. The normalized spacial score (nSPS) is 14.7. The Morgan fingerprint density at radius 2 is 1.81 bits per heavy atom. The summed E-state index contributed by atoms with van der Waals surface area (Å²) in [5, 5.41) is 7.42. The van der Waals surface area contributed by atoms with E-state index in [0.717, 1.165) is 12.5 Å². The van der Waals surface area contributed by atoms with Crippen molar-refractivity contribution in [3.05, 3.63) is 90.9 Å². The molecule has 1 aliphatic rings. The van der Waals surface area contributed by atoms with Gasteiger partial charge in [-0.2, -0.15) is 0 Å². The molecular weight excluding hydrogens is 486 g/mol. The summed E-state index contributed by atoms with van der Waals surface area (Å²) in [6.07, 6.45) is 5.06. The molecule has 0 amide bonds. The molecule has 0 fully saturated rings. The second kappa shape index (κ2) is 11.4. The number of thiazole rings is 1. The van der Waals surface area contributed by atoms with E-state index >= 15 is 0 Å². The van der Waals surface area contributed by atoms with Crippen LogP contribution in [0.15, 0.2) is 69.8 Å². The number of carbonyl (C=O) groups excluding carboxylic acids is 2. The predicted molar refractivity (Wildman–Crippen MR) is 131 cm³/mol. The molecule has 186 valence electrons. The zero-order valence-electron chi connectivity index (χ0n) is 19.9. The molecular formula is C25H23N3O7S. The Balaban J connectivity index is 0.000000840. The minimum Gasteiger partial charge on any atom is -0.481 e. The van der Waals surface area contributed by atoms with Gasteiger partial charge >= 0.3 is 11.9 Å². The number of aromatic nitrogens is 2. The van der Waals surface area contributed by atoms with E-state index in [4.69, 9.17) is 19.4 Å². The first-order valence-electron chi connectivity index (χ1n) is 10.6. The van der Waals surface area contributed by atoms with Gasteiger partial charge in [-0.05, 0) is 42.3 Å². The lowest BCUT2D eigenvalue weighted by Crippen LogP contribution is -2.39. The van der Waals surface area contributed by atoms with Crippen LogP contribution in [0.2, 0.25) is 0 Å². The molecule has 0 saturated heterocycles. The Bertz CT molecular complexity index is 1500. The molecule has 4 rings (SSSR count). The minimum absolute atomic E-state index is 0.271. The zero-order chi connectivity index (χ0) is 26.4. The SMILES string of the molecule is CC(=O)O.COC(=O)C1=C(C)N=c2s/c(=C/c3cccnc3)c(=O)n2C1c1ccc(OC(C)=O)cc1. The van der Waals surface area contributed by atoms with Gasteiger partial charge in [-0.3, -0.25) is 23.9 Å². The van der Waals surface area contributed by atoms with Crippen molar-refractivity contribution in [1.82, 2.24) is 9.55 Å². The molecule has 1 aromatic carbocycles. The highest BCUT2D eigenvalue weighted by Gasteiger charge is 2.33. The average Bonchev–Trinajstić information content (AvgIpc) is 3.12. The third kappa shape index (κ3) is 5.99. The van der Waals surface area contributed by atoms with Crippen LogP contribution < -0.4 is 19.6 Å². The lowest BCUT2D eigenvalue weighted by molar-refractivity contribution is -0.137. The number of carboxylic acids is 1. The monoisotopic (exact) mass is 509 g/mol. The van der Waals surface area contributed by atoms with E-state index in [1.807, 2.05) is 6.07 Å². The van der Waals surface area contributed by atoms with E-state index < -0.39 is 23.9 Å². The smallest absolute Gasteiger partial charge is 0.338 e. The number of nitrogens with zero attached hydrogens (tertiary/aromatic N) is 3. The summed E-state index contributed by atoms with van der Waals surface area (Å²) in [4.78, 5) is 55.3. The van der Waals surface area contributed by atoms with Gasteiger partial charge in [0, 0.05) is 26.2 Å². The first-order chi connectivity index (χ1) is 17.1. The summed E-state index contributed by atoms with van der Waals surface area (Å²) in [5.41, 5.74) is 1.90. The van der Waals surface area contributed by atoms with E-state index in [1.54, 1.807) is 55.7 Å². The maximum atomic E-state index is 13.4. The maximum Gasteiger partial charge on any atom is 0.338 e. The number of aliphatic carboxylic acids is 1. The van der Waals surface area contributed by atoms with Crippen LogP contribution in [0.5, 0.6) is 5.75 Å². The Kier molecular flexibility index (Phi) is 8.28. The Hall–Kier alpha value is -4.38. The fourth-order valence-electron chi connectivity index (χ4n) is 3.50. The number of carboxylic acid groups (broad SMARTS) is 1. The van der Waals surface area contributed by atoms with Gasteiger partial charge in [0.2, 0.25) is 0 Å². The van der Waals surface area contributed by atoms with Crippen LogP contribution in [0.25, 0.3) is 6.08 Å². The molecule has 10 nitrogen and oxygen atoms in total. The van der Waals surface area contributed by atoms with Crippen LogP contribution in [0.1, 0.15) is 37.9 Å². The van der Waals surface area contributed by atoms with E-state index in [0.29, 0.717) is 26.3 Å². The van der Waals surface area contributed by atoms with E-state index in [-0.39, 0.29) is 11.1 Å². The first-order valence-corrected chi connectivity index (χ1v) is 11.4. The fourth-order valence-corrected chi connectivity index (χ4v) is 4.55. The predicted octanol–water partition coefficient (Wildman–Crippen LogP) is 1.82. The quantitative estimate of drug-likeness (QED) is 0.415. The summed E-state index contributed by atoms with van der Waals surface area (Å²) in [5.74, 6) is -1.47. The molecule has 11 heteroatoms. The van der Waals surface area contributed by atoms with E-state index in [1.165, 1.54) is 29.9 Å². The second-order valence-corrected chi connectivity index (χ2v) is 8.55. The summed E-state index contributed by atoms with van der Waals surface area (Å²) >= 11 is 1.24. The van der Waals surface area contributed by atoms with Gasteiger partial charge in [0.25, 0.3) is 11.5 Å². The largest absolute Gasteiger partial charge is 0.481 e. The van der Waals surface area contributed by atoms with Crippen molar-refractivity contribution in [2.24, 2.45) is 4.99 Å². The van der Waals surface area contributed by atoms with Crippen LogP contribution in [0.4, 0.5) is 0 Å². The van der Waals surface area contributed by atoms with Crippen LogP contribution in [0, 0.1) is 0 Å². The zero-order valence-corrected chi connectivity index (χ0v) is 20.7. The number of methoxy groups -OCH3 is 1. The van der Waals surface area contributed by atoms with Crippen molar-refractivity contribution < 1.29 is 29.0 Å². The number of rotatable bonds is 4. The van der Waals surface area contributed by atoms with Gasteiger partial charge in [-0.25, -0.2) is 9.79 Å². The van der Waals surface area contributed by atoms with Crippen molar-refractivity contribution >= 4 is 35.3 Å². The van der Waals surface area contributed by atoms with Gasteiger partial charge in [0.15, 0.2) is 4.80 Å². The number of allylic oxidation sites excluding steroid dienone is 1. The van der Waals surface area contributed by atoms with Gasteiger partial charge in [0.05, 0.1) is 29.0 Å². The Labute approximate surface area is 209 Å². The number of fused-ring (bicyclic) bond motifs is 1. The van der Waals surface area contributed by atoms with Gasteiger partial charge in [0.1, 0.15) is 5.75 Å². The van der Waals surface area contributed by atoms with Crippen LogP contribution >= 0.6 is 11.3 Å². The van der Waals surface area contributed by atoms with Crippen LogP contribution in [-0.4, -0.2) is 39.7 Å². The number of carbonyl (C=O) groups is 3. The highest BCUT2D eigenvalue weighted by molar-refractivity contribution is 7.07. The summed E-state index contributed by atoms with van der Waals surface area (Å²) < 4.78 is 12.1. The lowest BCUT2D eigenvalue weighted by Gasteiger charge is -2.24. The van der Waals surface area contributed by atoms with E-state index in [2.05, 4.69) is 9.98 Å². The van der Waals surface area contributed by atoms with Gasteiger partial charge in [-0.1, -0.05) is 29.5 Å². The fraction of sp³-hybridized carbons (Fsp3) is 0.200. The Morgan fingerprint density at radius 3 is 2.36 bits per heavy atom. The molecule has 1 atom stereocenters. The molecule has 0 spiro atoms. The Morgan fingerprint density at radius 1 is 1.14 bits per heavy atom. The van der Waals surface area contributed by atoms with Crippen molar-refractivity contribution in [3.8, 4) is 5.75 Å². The molecule has 3 heterocycles. The molecule has 3 aromatic rings. The minimum atomic E-state index is -0.833. The van der Waals surface area contributed by atoms with Crippen LogP contribution in [0.3, 0.4) is 0 Å². The van der Waals surface area contributed by atoms with Crippen molar-refractivity contribution in [2.75, 3.05) is 7.11 Å². The van der Waals surface area contributed by atoms with E-state index in [9.17, 15) is 14.4 Å². The van der Waals surface area contributed by atoms with Gasteiger partial charge in [-0.15, -0.1) is 0 Å². The number of benzene rings is 1. The van der Waals surface area contributed by atoms with Gasteiger partial charge < -0.3 is 14.6 Å². The molecule has 0 saturated carbocycles. The number of esters is 2. The second-order valence-electron chi connectivity index (χ2n) is 7.54. The van der Waals surface area contributed by atoms with Crippen molar-refractivity contribution in [2.45, 2.75) is 26.8 Å². The highest BCUT2D eigenvalue weighted by Crippen LogP contribution is 2.31. The lowest BCUT2D eigenvalue weighted by atomic mass is 9.96. The number of hydrogen-bond donors (Lipinski definition) is 1. The molecule has 2 aromatic heterocycles. The van der Waals surface area contributed by atoms with Crippen molar-refractivity contribution in [1.29, 1.82) is 0 Å². The van der Waals surface area contributed by atoms with Crippen molar-refractivity contribution in [3.63, 3.8) is 0 Å².